The molecule has 0 aliphatic carbocycles. The summed E-state index contributed by atoms with van der Waals surface area (Å²) < 4.78 is 10.1. The van der Waals surface area contributed by atoms with Crippen LogP contribution >= 0.6 is 0 Å². The first kappa shape index (κ1) is 16.5. The Bertz CT molecular complexity index is 518. The van der Waals surface area contributed by atoms with Crippen molar-refractivity contribution in [3.63, 3.8) is 0 Å². The molecule has 0 atom stereocenters. The van der Waals surface area contributed by atoms with E-state index < -0.39 is 11.9 Å². The van der Waals surface area contributed by atoms with Gasteiger partial charge in [0, 0.05) is 11.8 Å². The normalized spacial score (nSPS) is 10.8. The highest BCUT2D eigenvalue weighted by atomic mass is 16.5. The number of carbonyl (C=O) groups is 2. The van der Waals surface area contributed by atoms with E-state index in [1.54, 1.807) is 42.5 Å². The minimum Gasteiger partial charge on any atom is -0.494 e. The van der Waals surface area contributed by atoms with Gasteiger partial charge in [-0.25, -0.2) is 4.79 Å². The second-order valence-corrected chi connectivity index (χ2v) is 4.00. The van der Waals surface area contributed by atoms with Gasteiger partial charge in [-0.1, -0.05) is 18.2 Å². The van der Waals surface area contributed by atoms with Gasteiger partial charge in [-0.15, -0.1) is 0 Å². The maximum absolute atomic E-state index is 11.6. The summed E-state index contributed by atoms with van der Waals surface area (Å²) >= 11 is 0. The maximum Gasteiger partial charge on any atom is 0.331 e. The fourth-order valence-corrected chi connectivity index (χ4v) is 1.43. The van der Waals surface area contributed by atoms with Crippen LogP contribution in [0.3, 0.4) is 0 Å². The number of anilines is 1. The van der Waals surface area contributed by atoms with Crippen LogP contribution in [0.4, 0.5) is 5.69 Å². The lowest BCUT2D eigenvalue weighted by atomic mass is 10.3. The zero-order valence-corrected chi connectivity index (χ0v) is 12.2. The maximum atomic E-state index is 11.6. The van der Waals surface area contributed by atoms with Crippen LogP contribution in [-0.4, -0.2) is 25.1 Å². The third-order valence-corrected chi connectivity index (χ3v) is 2.33. The van der Waals surface area contributed by atoms with E-state index >= 15 is 0 Å². The number of esters is 1. The van der Waals surface area contributed by atoms with Crippen molar-refractivity contribution in [3.8, 4) is 5.75 Å². The molecule has 0 aromatic heterocycles. The summed E-state index contributed by atoms with van der Waals surface area (Å²) in [4.78, 5) is 22.9. The van der Waals surface area contributed by atoms with E-state index in [0.717, 1.165) is 5.75 Å². The Morgan fingerprint density at radius 1 is 1.19 bits per heavy atom. The zero-order valence-electron chi connectivity index (χ0n) is 12.2. The number of carbonyl (C=O) groups excluding carboxylic acids is 2. The average molecular weight is 289 g/mol. The van der Waals surface area contributed by atoms with Crippen molar-refractivity contribution in [2.24, 2.45) is 0 Å². The molecule has 0 unspecified atom stereocenters. The molecule has 5 heteroatoms. The summed E-state index contributed by atoms with van der Waals surface area (Å²) in [5.74, 6) is -0.224. The lowest BCUT2D eigenvalue weighted by Gasteiger charge is -2.07. The summed E-state index contributed by atoms with van der Waals surface area (Å²) in [5.41, 5.74) is 0.615. The Morgan fingerprint density at radius 3 is 2.52 bits per heavy atom. The molecule has 0 bridgehead atoms. The van der Waals surface area contributed by atoms with E-state index in [0.29, 0.717) is 12.3 Å². The molecule has 0 saturated carbocycles. The average Bonchev–Trinajstić information content (AvgIpc) is 2.48. The molecule has 0 saturated heterocycles. The first-order chi connectivity index (χ1) is 10.2. The Hall–Kier alpha value is -2.56. The summed E-state index contributed by atoms with van der Waals surface area (Å²) in [6, 6.07) is 6.95. The Labute approximate surface area is 124 Å². The molecule has 0 radical (unpaired) electrons. The van der Waals surface area contributed by atoms with Gasteiger partial charge in [-0.3, -0.25) is 4.79 Å². The summed E-state index contributed by atoms with van der Waals surface area (Å²) in [6.45, 7) is 3.99. The lowest BCUT2D eigenvalue weighted by Crippen LogP contribution is -2.20. The molecular formula is C16H19NO4. The summed E-state index contributed by atoms with van der Waals surface area (Å²) in [5, 5.41) is 2.62. The van der Waals surface area contributed by atoms with E-state index in [1.807, 2.05) is 13.8 Å². The number of hydrogen-bond acceptors (Lipinski definition) is 4. The van der Waals surface area contributed by atoms with E-state index in [2.05, 4.69) is 5.32 Å². The van der Waals surface area contributed by atoms with Gasteiger partial charge < -0.3 is 14.8 Å². The number of benzene rings is 1. The van der Waals surface area contributed by atoms with Crippen LogP contribution in [-0.2, 0) is 14.3 Å². The number of allylic oxidation sites excluding steroid dienone is 3. The second-order valence-electron chi connectivity index (χ2n) is 4.00. The number of hydrogen-bond donors (Lipinski definition) is 1. The van der Waals surface area contributed by atoms with Crippen LogP contribution in [0.15, 0.2) is 48.6 Å². The van der Waals surface area contributed by atoms with Crippen molar-refractivity contribution in [3.05, 3.63) is 48.6 Å². The highest BCUT2D eigenvalue weighted by molar-refractivity contribution is 5.93. The van der Waals surface area contributed by atoms with Crippen molar-refractivity contribution < 1.29 is 19.1 Å². The minimum absolute atomic E-state index is 0.327. The molecule has 1 aromatic carbocycles. The van der Waals surface area contributed by atoms with Crippen molar-refractivity contribution in [1.29, 1.82) is 0 Å². The molecule has 1 rings (SSSR count). The highest BCUT2D eigenvalue weighted by Gasteiger charge is 2.05. The van der Waals surface area contributed by atoms with Crippen LogP contribution in [0.5, 0.6) is 5.75 Å². The Kier molecular flexibility index (Phi) is 7.35. The molecule has 1 aromatic rings. The van der Waals surface area contributed by atoms with Gasteiger partial charge in [0.05, 0.1) is 6.61 Å². The Balaban J connectivity index is 2.38. The van der Waals surface area contributed by atoms with Crippen LogP contribution in [0.25, 0.3) is 0 Å². The van der Waals surface area contributed by atoms with Crippen LogP contribution in [0.1, 0.15) is 13.8 Å². The summed E-state index contributed by atoms with van der Waals surface area (Å²) in [7, 11) is 0. The van der Waals surface area contributed by atoms with Crippen molar-refractivity contribution in [1.82, 2.24) is 0 Å². The fourth-order valence-electron chi connectivity index (χ4n) is 1.43. The van der Waals surface area contributed by atoms with E-state index in [1.165, 1.54) is 6.08 Å². The molecule has 0 fully saturated rings. The SMILES string of the molecule is C/C=C/C=C/C(=O)OCC(=O)Nc1ccc(OCC)cc1. The first-order valence-corrected chi connectivity index (χ1v) is 6.64. The molecule has 5 nitrogen and oxygen atoms in total. The monoisotopic (exact) mass is 289 g/mol. The topological polar surface area (TPSA) is 64.6 Å². The number of nitrogens with one attached hydrogen (secondary N) is 1. The standard InChI is InChI=1S/C16H19NO4/c1-3-5-6-7-16(19)21-12-15(18)17-13-8-10-14(11-9-13)20-4-2/h3,5-11H,4,12H2,1-2H3,(H,17,18)/b5-3+,7-6+. The highest BCUT2D eigenvalue weighted by Crippen LogP contribution is 2.15. The van der Waals surface area contributed by atoms with Gasteiger partial charge in [0.2, 0.25) is 0 Å². The first-order valence-electron chi connectivity index (χ1n) is 6.64. The summed E-state index contributed by atoms with van der Waals surface area (Å²) in [6.07, 6.45) is 6.28. The van der Waals surface area contributed by atoms with Gasteiger partial charge in [0.25, 0.3) is 5.91 Å². The fraction of sp³-hybridized carbons (Fsp3) is 0.250. The number of amides is 1. The minimum atomic E-state index is -0.560. The molecular weight excluding hydrogens is 270 g/mol. The zero-order chi connectivity index (χ0) is 15.5. The number of ether oxygens (including phenoxy) is 2. The van der Waals surface area contributed by atoms with Crippen LogP contribution in [0.2, 0.25) is 0 Å². The smallest absolute Gasteiger partial charge is 0.331 e. The predicted octanol–water partition coefficient (Wildman–Crippen LogP) is 2.70. The van der Waals surface area contributed by atoms with E-state index in [4.69, 9.17) is 9.47 Å². The quantitative estimate of drug-likeness (QED) is 0.476. The van der Waals surface area contributed by atoms with E-state index in [-0.39, 0.29) is 6.61 Å². The lowest BCUT2D eigenvalue weighted by molar-refractivity contribution is -0.142. The predicted molar refractivity (Wildman–Crippen MR) is 81.2 cm³/mol. The molecule has 21 heavy (non-hydrogen) atoms. The van der Waals surface area contributed by atoms with Crippen molar-refractivity contribution in [2.75, 3.05) is 18.5 Å². The van der Waals surface area contributed by atoms with Gasteiger partial charge in [0.1, 0.15) is 5.75 Å². The van der Waals surface area contributed by atoms with Gasteiger partial charge >= 0.3 is 5.97 Å². The van der Waals surface area contributed by atoms with Crippen molar-refractivity contribution >= 4 is 17.6 Å². The molecule has 1 amide bonds. The molecule has 0 aliphatic heterocycles. The van der Waals surface area contributed by atoms with Crippen LogP contribution in [0, 0.1) is 0 Å². The number of rotatable bonds is 7. The van der Waals surface area contributed by atoms with Gasteiger partial charge in [-0.05, 0) is 38.1 Å². The third-order valence-electron chi connectivity index (χ3n) is 2.33. The molecule has 0 heterocycles. The van der Waals surface area contributed by atoms with Crippen LogP contribution < -0.4 is 10.1 Å². The molecule has 112 valence electrons. The van der Waals surface area contributed by atoms with Gasteiger partial charge in [-0.2, -0.15) is 0 Å². The van der Waals surface area contributed by atoms with Crippen molar-refractivity contribution in [2.45, 2.75) is 13.8 Å². The molecule has 0 spiro atoms. The molecule has 1 N–H and O–H groups in total. The van der Waals surface area contributed by atoms with Gasteiger partial charge in [0.15, 0.2) is 6.61 Å². The Morgan fingerprint density at radius 2 is 1.90 bits per heavy atom. The van der Waals surface area contributed by atoms with E-state index in [9.17, 15) is 9.59 Å². The third kappa shape index (κ3) is 6.96. The second kappa shape index (κ2) is 9.36. The molecule has 0 aliphatic rings. The largest absolute Gasteiger partial charge is 0.494 e.